The van der Waals surface area contributed by atoms with E-state index in [0.29, 0.717) is 17.5 Å². The van der Waals surface area contributed by atoms with Crippen LogP contribution in [-0.2, 0) is 14.9 Å². The third-order valence-corrected chi connectivity index (χ3v) is 5.26. The van der Waals surface area contributed by atoms with Crippen LogP contribution < -0.4 is 0 Å². The minimum atomic E-state index is -0.819. The first-order valence-corrected chi connectivity index (χ1v) is 9.36. The van der Waals surface area contributed by atoms with Crippen LogP contribution in [0.3, 0.4) is 0 Å². The van der Waals surface area contributed by atoms with Crippen molar-refractivity contribution in [3.05, 3.63) is 39.8 Å². The number of aromatic amines is 1. The van der Waals surface area contributed by atoms with Crippen LogP contribution in [0.15, 0.2) is 18.2 Å². The number of hydrogen-bond donors (Lipinski definition) is 1. The number of H-pyrrole nitrogens is 1. The number of halogens is 1. The smallest absolute Gasteiger partial charge is 0.305 e. The van der Waals surface area contributed by atoms with Gasteiger partial charge in [0.05, 0.1) is 17.6 Å². The lowest BCUT2D eigenvalue weighted by atomic mass is 9.83. The lowest BCUT2D eigenvalue weighted by Crippen LogP contribution is -2.21. The van der Waals surface area contributed by atoms with Gasteiger partial charge in [-0.15, -0.1) is 0 Å². The molecule has 1 aliphatic heterocycles. The molecule has 3 rings (SSSR count). The van der Waals surface area contributed by atoms with Crippen LogP contribution in [0.2, 0.25) is 0 Å². The maximum Gasteiger partial charge on any atom is 0.305 e. The number of nitrogens with zero attached hydrogens (tertiary/aromatic N) is 1. The van der Waals surface area contributed by atoms with Gasteiger partial charge in [0.15, 0.2) is 5.79 Å². The summed E-state index contributed by atoms with van der Waals surface area (Å²) < 4.78 is 25.3. The standard InChI is InChI=1S/C20H27FN2O4/c1-19(2,8-6-5-7-14-12-26-20(3,4)27-14)18-10-13-9-17(23(24)25)15(21)11-16(13)22-18/h9-11,14,22H,5-8,12H2,1-4H3/t14-/m1/s1. The summed E-state index contributed by atoms with van der Waals surface area (Å²) in [6.07, 6.45) is 4.12. The Hall–Kier alpha value is -1.99. The number of nitro groups is 1. The minimum absolute atomic E-state index is 0.142. The van der Waals surface area contributed by atoms with E-state index in [0.717, 1.165) is 31.4 Å². The maximum absolute atomic E-state index is 13.8. The Morgan fingerprint density at radius 2 is 2.07 bits per heavy atom. The number of unbranched alkanes of at least 4 members (excludes halogenated alkanes) is 1. The van der Waals surface area contributed by atoms with Gasteiger partial charge in [0, 0.05) is 34.1 Å². The summed E-state index contributed by atoms with van der Waals surface area (Å²) in [5.74, 6) is -1.30. The summed E-state index contributed by atoms with van der Waals surface area (Å²) in [7, 11) is 0. The SMILES string of the molecule is CC1(C)OC[C@@H](CCCCC(C)(C)c2cc3cc([N+](=O)[O-])c(F)cc3[nH]2)O1. The van der Waals surface area contributed by atoms with Crippen molar-refractivity contribution >= 4 is 16.6 Å². The van der Waals surface area contributed by atoms with Crippen LogP contribution in [-0.4, -0.2) is 28.4 Å². The molecule has 0 radical (unpaired) electrons. The van der Waals surface area contributed by atoms with E-state index < -0.39 is 22.2 Å². The maximum atomic E-state index is 13.8. The second-order valence-electron chi connectivity index (χ2n) is 8.41. The predicted molar refractivity (Wildman–Crippen MR) is 101 cm³/mol. The van der Waals surface area contributed by atoms with Gasteiger partial charge >= 0.3 is 5.69 Å². The zero-order chi connectivity index (χ0) is 19.8. The lowest BCUT2D eigenvalue weighted by molar-refractivity contribution is -0.387. The number of nitro benzene ring substituents is 1. The third kappa shape index (κ3) is 4.47. The summed E-state index contributed by atoms with van der Waals surface area (Å²) in [6, 6.07) is 4.38. The molecule has 0 amide bonds. The van der Waals surface area contributed by atoms with Crippen molar-refractivity contribution in [1.82, 2.24) is 4.98 Å². The second kappa shape index (κ2) is 7.20. The molecule has 1 atom stereocenters. The van der Waals surface area contributed by atoms with Crippen molar-refractivity contribution in [2.45, 2.75) is 70.7 Å². The first-order chi connectivity index (χ1) is 12.6. The molecular weight excluding hydrogens is 351 g/mol. The molecule has 0 spiro atoms. The molecule has 2 aromatic rings. The summed E-state index contributed by atoms with van der Waals surface area (Å²) in [5.41, 5.74) is 0.905. The molecule has 1 N–H and O–H groups in total. The Kier molecular flexibility index (Phi) is 5.27. The fourth-order valence-electron chi connectivity index (χ4n) is 3.63. The molecule has 27 heavy (non-hydrogen) atoms. The predicted octanol–water partition coefficient (Wildman–Crippen LogP) is 5.20. The first kappa shape index (κ1) is 19.8. The highest BCUT2D eigenvalue weighted by atomic mass is 19.1. The van der Waals surface area contributed by atoms with E-state index in [1.54, 1.807) is 0 Å². The lowest BCUT2D eigenvalue weighted by Gasteiger charge is -2.24. The van der Waals surface area contributed by atoms with E-state index in [1.165, 1.54) is 12.1 Å². The molecule has 1 saturated heterocycles. The number of hydrogen-bond acceptors (Lipinski definition) is 4. The minimum Gasteiger partial charge on any atom is -0.358 e. The third-order valence-electron chi connectivity index (χ3n) is 5.26. The monoisotopic (exact) mass is 378 g/mol. The molecule has 1 aromatic carbocycles. The van der Waals surface area contributed by atoms with E-state index in [2.05, 4.69) is 18.8 Å². The zero-order valence-corrected chi connectivity index (χ0v) is 16.3. The Bertz CT molecular complexity index is 844. The van der Waals surface area contributed by atoms with E-state index in [1.807, 2.05) is 19.9 Å². The van der Waals surface area contributed by atoms with Crippen LogP contribution in [0.1, 0.15) is 59.1 Å². The molecule has 1 aromatic heterocycles. The topological polar surface area (TPSA) is 77.4 Å². The molecule has 2 heterocycles. The number of nitrogens with one attached hydrogen (secondary N) is 1. The van der Waals surface area contributed by atoms with Crippen molar-refractivity contribution in [1.29, 1.82) is 0 Å². The van der Waals surface area contributed by atoms with Crippen LogP contribution in [0.25, 0.3) is 10.9 Å². The number of rotatable bonds is 7. The molecule has 1 aliphatic rings. The van der Waals surface area contributed by atoms with Crippen molar-refractivity contribution in [2.75, 3.05) is 6.61 Å². The van der Waals surface area contributed by atoms with Crippen LogP contribution >= 0.6 is 0 Å². The highest BCUT2D eigenvalue weighted by Crippen LogP contribution is 2.34. The first-order valence-electron chi connectivity index (χ1n) is 9.36. The van der Waals surface area contributed by atoms with Gasteiger partial charge < -0.3 is 14.5 Å². The van der Waals surface area contributed by atoms with Crippen molar-refractivity contribution in [3.63, 3.8) is 0 Å². The van der Waals surface area contributed by atoms with Crippen molar-refractivity contribution in [2.24, 2.45) is 0 Å². The fraction of sp³-hybridized carbons (Fsp3) is 0.600. The summed E-state index contributed by atoms with van der Waals surface area (Å²) in [4.78, 5) is 13.5. The molecule has 7 heteroatoms. The van der Waals surface area contributed by atoms with E-state index in [4.69, 9.17) is 9.47 Å². The average molecular weight is 378 g/mol. The van der Waals surface area contributed by atoms with E-state index in [9.17, 15) is 14.5 Å². The van der Waals surface area contributed by atoms with Crippen LogP contribution in [0, 0.1) is 15.9 Å². The zero-order valence-electron chi connectivity index (χ0n) is 16.3. The molecule has 6 nitrogen and oxygen atoms in total. The largest absolute Gasteiger partial charge is 0.358 e. The van der Waals surface area contributed by atoms with Gasteiger partial charge in [0.25, 0.3) is 0 Å². The number of aromatic nitrogens is 1. The highest BCUT2D eigenvalue weighted by molar-refractivity contribution is 5.83. The molecule has 0 aliphatic carbocycles. The summed E-state index contributed by atoms with van der Waals surface area (Å²) in [6.45, 7) is 8.75. The molecular formula is C20H27FN2O4. The Labute approximate surface area is 158 Å². The molecule has 0 bridgehead atoms. The Balaban J connectivity index is 1.61. The molecule has 148 valence electrons. The van der Waals surface area contributed by atoms with Crippen LogP contribution in [0.5, 0.6) is 0 Å². The molecule has 0 saturated carbocycles. The summed E-state index contributed by atoms with van der Waals surface area (Å²) in [5, 5.41) is 11.6. The van der Waals surface area contributed by atoms with Gasteiger partial charge in [-0.2, -0.15) is 4.39 Å². The number of fused-ring (bicyclic) bond motifs is 1. The van der Waals surface area contributed by atoms with Crippen molar-refractivity contribution in [3.8, 4) is 0 Å². The Morgan fingerprint density at radius 1 is 1.33 bits per heavy atom. The molecule has 0 unspecified atom stereocenters. The normalized spacial score (nSPS) is 19.7. The Morgan fingerprint density at radius 3 is 2.70 bits per heavy atom. The highest BCUT2D eigenvalue weighted by Gasteiger charge is 2.32. The van der Waals surface area contributed by atoms with Gasteiger partial charge in [-0.05, 0) is 32.8 Å². The average Bonchev–Trinajstić information content (AvgIpc) is 3.13. The second-order valence-corrected chi connectivity index (χ2v) is 8.41. The van der Waals surface area contributed by atoms with Gasteiger partial charge in [0.1, 0.15) is 0 Å². The van der Waals surface area contributed by atoms with Gasteiger partial charge in [-0.1, -0.05) is 26.7 Å². The molecule has 1 fully saturated rings. The number of ether oxygens (including phenoxy) is 2. The van der Waals surface area contributed by atoms with E-state index >= 15 is 0 Å². The van der Waals surface area contributed by atoms with Crippen LogP contribution in [0.4, 0.5) is 10.1 Å². The quantitative estimate of drug-likeness (QED) is 0.408. The van der Waals surface area contributed by atoms with Gasteiger partial charge in [-0.3, -0.25) is 10.1 Å². The fourth-order valence-corrected chi connectivity index (χ4v) is 3.63. The summed E-state index contributed by atoms with van der Waals surface area (Å²) >= 11 is 0. The number of benzene rings is 1. The van der Waals surface area contributed by atoms with Crippen molar-refractivity contribution < 1.29 is 18.8 Å². The van der Waals surface area contributed by atoms with Gasteiger partial charge in [-0.25, -0.2) is 0 Å². The van der Waals surface area contributed by atoms with Gasteiger partial charge in [0.2, 0.25) is 5.82 Å². The van der Waals surface area contributed by atoms with E-state index in [-0.39, 0.29) is 11.5 Å².